The smallest absolute Gasteiger partial charge is 0.404 e. The summed E-state index contributed by atoms with van der Waals surface area (Å²) in [7, 11) is 0.585. The summed E-state index contributed by atoms with van der Waals surface area (Å²) in [4.78, 5) is 15.4. The van der Waals surface area contributed by atoms with Gasteiger partial charge in [-0.05, 0) is 82.8 Å². The van der Waals surface area contributed by atoms with Gasteiger partial charge < -0.3 is 26.0 Å². The molecule has 4 heterocycles. The molecular formula is C30H36F3N9O3S. The van der Waals surface area contributed by atoms with E-state index in [-0.39, 0.29) is 11.9 Å². The number of dihydropyridines is 1. The van der Waals surface area contributed by atoms with Gasteiger partial charge in [0.05, 0.1) is 40.8 Å². The van der Waals surface area contributed by atoms with Gasteiger partial charge in [0.25, 0.3) is 10.0 Å². The number of hydrogen-bond donors (Lipinski definition) is 3. The molecule has 12 nitrogen and oxygen atoms in total. The molecule has 1 unspecified atom stereocenters. The standard InChI is InChI=1S/C30H36F3N9O3S/c1-41(2)17-19-3-5-21(6-4-19)39-26-13-29(34,37-16-24(26)25-10-7-22(15-36-25)45-30(31,32)33)27-11-12-35-28(40-27)20-14-38-42(18-20)46(43,44)23-8-9-23/h7,10-16,18-19,21,23,37,39H,3-6,8-9,17,34H2,1-2H3. The quantitative estimate of drug-likeness (QED) is 0.294. The summed E-state index contributed by atoms with van der Waals surface area (Å²) in [5.41, 5.74) is 8.08. The van der Waals surface area contributed by atoms with Crippen molar-refractivity contribution in [3.8, 4) is 17.1 Å². The van der Waals surface area contributed by atoms with Crippen LogP contribution in [0, 0.1) is 5.92 Å². The van der Waals surface area contributed by atoms with Crippen LogP contribution in [0.25, 0.3) is 17.0 Å². The van der Waals surface area contributed by atoms with Crippen molar-refractivity contribution in [2.24, 2.45) is 11.7 Å². The van der Waals surface area contributed by atoms with Gasteiger partial charge in [0.1, 0.15) is 5.75 Å². The molecule has 16 heteroatoms. The van der Waals surface area contributed by atoms with Crippen molar-refractivity contribution >= 4 is 15.6 Å². The van der Waals surface area contributed by atoms with Crippen molar-refractivity contribution in [1.29, 1.82) is 0 Å². The van der Waals surface area contributed by atoms with Crippen molar-refractivity contribution < 1.29 is 26.3 Å². The van der Waals surface area contributed by atoms with E-state index < -0.39 is 33.0 Å². The van der Waals surface area contributed by atoms with Gasteiger partial charge in [-0.1, -0.05) is 0 Å². The molecule has 0 radical (unpaired) electrons. The fraction of sp³-hybridized carbons (Fsp3) is 0.467. The van der Waals surface area contributed by atoms with E-state index in [1.807, 2.05) is 0 Å². The third-order valence-corrected chi connectivity index (χ3v) is 10.3. The fourth-order valence-electron chi connectivity index (χ4n) is 5.86. The van der Waals surface area contributed by atoms with Crippen LogP contribution in [-0.4, -0.2) is 75.7 Å². The Labute approximate surface area is 265 Å². The molecule has 0 aromatic carbocycles. The van der Waals surface area contributed by atoms with Gasteiger partial charge in [0.2, 0.25) is 0 Å². The number of nitrogens with two attached hydrogens (primary N) is 1. The lowest BCUT2D eigenvalue weighted by molar-refractivity contribution is -0.274. The van der Waals surface area contributed by atoms with Gasteiger partial charge in [-0.3, -0.25) is 4.98 Å². The molecule has 3 aliphatic rings. The van der Waals surface area contributed by atoms with Crippen LogP contribution in [0.2, 0.25) is 0 Å². The second kappa shape index (κ2) is 12.3. The van der Waals surface area contributed by atoms with E-state index in [0.29, 0.717) is 47.0 Å². The van der Waals surface area contributed by atoms with E-state index in [1.165, 1.54) is 30.7 Å². The zero-order valence-corrected chi connectivity index (χ0v) is 26.2. The number of allylic oxidation sites excluding steroid dienone is 1. The molecule has 3 aromatic rings. The van der Waals surface area contributed by atoms with Crippen LogP contribution in [0.3, 0.4) is 0 Å². The van der Waals surface area contributed by atoms with Gasteiger partial charge in [-0.25, -0.2) is 18.4 Å². The molecular weight excluding hydrogens is 623 g/mol. The highest BCUT2D eigenvalue weighted by molar-refractivity contribution is 7.90. The molecule has 0 bridgehead atoms. The first-order chi connectivity index (χ1) is 21.8. The second-order valence-corrected chi connectivity index (χ2v) is 14.4. The van der Waals surface area contributed by atoms with Crippen molar-refractivity contribution in [2.75, 3.05) is 20.6 Å². The second-order valence-electron chi connectivity index (χ2n) is 12.3. The summed E-state index contributed by atoms with van der Waals surface area (Å²) in [5, 5.41) is 10.4. The number of aromatic nitrogens is 5. The van der Waals surface area contributed by atoms with Crippen molar-refractivity contribution in [3.63, 3.8) is 0 Å². The Balaban J connectivity index is 1.28. The summed E-state index contributed by atoms with van der Waals surface area (Å²) >= 11 is 0. The van der Waals surface area contributed by atoms with E-state index in [1.54, 1.807) is 18.3 Å². The minimum Gasteiger partial charge on any atom is -0.404 e. The molecule has 46 heavy (non-hydrogen) atoms. The van der Waals surface area contributed by atoms with E-state index in [9.17, 15) is 21.6 Å². The molecule has 4 N–H and O–H groups in total. The molecule has 3 aromatic heterocycles. The highest BCUT2D eigenvalue weighted by Crippen LogP contribution is 2.34. The monoisotopic (exact) mass is 659 g/mol. The van der Waals surface area contributed by atoms with E-state index in [2.05, 4.69) is 54.4 Å². The largest absolute Gasteiger partial charge is 0.573 e. The molecule has 0 spiro atoms. The zero-order chi connectivity index (χ0) is 32.7. The lowest BCUT2D eigenvalue weighted by Crippen LogP contribution is -2.50. The van der Waals surface area contributed by atoms with Gasteiger partial charge in [0.15, 0.2) is 11.5 Å². The summed E-state index contributed by atoms with van der Waals surface area (Å²) in [5.74, 6) is 0.429. The number of hydrogen-bond acceptors (Lipinski definition) is 11. The summed E-state index contributed by atoms with van der Waals surface area (Å²) in [6, 6.07) is 4.47. The predicted molar refractivity (Wildman–Crippen MR) is 164 cm³/mol. The SMILES string of the molecule is CN(C)CC1CCC(NC2=CC(N)(c3ccnc(-c4cnn(S(=O)(=O)C5CC5)c4)n3)NC=C2c2ccc(OC(F)(F)F)cn2)CC1. The Morgan fingerprint density at radius 3 is 2.52 bits per heavy atom. The molecule has 2 saturated carbocycles. The molecule has 0 saturated heterocycles. The highest BCUT2D eigenvalue weighted by Gasteiger charge is 2.38. The van der Waals surface area contributed by atoms with Crippen molar-refractivity contribution in [3.05, 3.63) is 72.3 Å². The van der Waals surface area contributed by atoms with Crippen LogP contribution >= 0.6 is 0 Å². The van der Waals surface area contributed by atoms with Gasteiger partial charge >= 0.3 is 6.36 Å². The first kappa shape index (κ1) is 31.9. The van der Waals surface area contributed by atoms with Crippen molar-refractivity contribution in [2.45, 2.75) is 61.8 Å². The number of nitrogens with one attached hydrogen (secondary N) is 2. The number of alkyl halides is 3. The summed E-state index contributed by atoms with van der Waals surface area (Å²) in [6.07, 6.45) is 9.18. The Morgan fingerprint density at radius 2 is 1.87 bits per heavy atom. The van der Waals surface area contributed by atoms with Crippen molar-refractivity contribution in [1.82, 2.24) is 39.7 Å². The van der Waals surface area contributed by atoms with Crippen LogP contribution in [0.15, 0.2) is 61.0 Å². The Kier molecular flexibility index (Phi) is 8.54. The topological polar surface area (TPSA) is 153 Å². The number of pyridine rings is 1. The molecule has 2 fully saturated rings. The first-order valence-electron chi connectivity index (χ1n) is 15.1. The highest BCUT2D eigenvalue weighted by atomic mass is 32.2. The molecule has 1 atom stereocenters. The lowest BCUT2D eigenvalue weighted by atomic mass is 9.85. The fourth-order valence-corrected chi connectivity index (χ4v) is 7.34. The Morgan fingerprint density at radius 1 is 1.11 bits per heavy atom. The lowest BCUT2D eigenvalue weighted by Gasteiger charge is -2.36. The molecule has 2 aliphatic carbocycles. The number of nitrogens with zero attached hydrogens (tertiary/aromatic N) is 6. The van der Waals surface area contributed by atoms with Crippen LogP contribution in [0.1, 0.15) is 49.9 Å². The van der Waals surface area contributed by atoms with E-state index in [0.717, 1.165) is 42.5 Å². The van der Waals surface area contributed by atoms with Gasteiger partial charge in [-0.2, -0.15) is 9.19 Å². The Hall–Kier alpha value is -4.02. The molecule has 0 amide bonds. The zero-order valence-electron chi connectivity index (χ0n) is 25.4. The van der Waals surface area contributed by atoms with Crippen LogP contribution in [0.5, 0.6) is 5.75 Å². The maximum absolute atomic E-state index is 12.7. The minimum atomic E-state index is -4.83. The molecule has 246 valence electrons. The number of ether oxygens (including phenoxy) is 1. The average molecular weight is 660 g/mol. The third kappa shape index (κ3) is 7.18. The van der Waals surface area contributed by atoms with Gasteiger partial charge in [0, 0.05) is 36.3 Å². The normalized spacial score (nSPS) is 23.8. The van der Waals surface area contributed by atoms with E-state index >= 15 is 0 Å². The van der Waals surface area contributed by atoms with Gasteiger partial charge in [-0.15, -0.1) is 13.2 Å². The summed E-state index contributed by atoms with van der Waals surface area (Å²) in [6.45, 7) is 1.02. The van der Waals surface area contributed by atoms with Crippen LogP contribution < -0.4 is 21.1 Å². The minimum absolute atomic E-state index is 0.142. The maximum Gasteiger partial charge on any atom is 0.573 e. The predicted octanol–water partition coefficient (Wildman–Crippen LogP) is 3.32. The molecule has 6 rings (SSSR count). The van der Waals surface area contributed by atoms with Crippen LogP contribution in [0.4, 0.5) is 13.2 Å². The maximum atomic E-state index is 12.7. The summed E-state index contributed by atoms with van der Waals surface area (Å²) < 4.78 is 68.5. The number of halogens is 3. The van der Waals surface area contributed by atoms with E-state index in [4.69, 9.17) is 5.73 Å². The van der Waals surface area contributed by atoms with Crippen LogP contribution in [-0.2, 0) is 15.7 Å². The molecule has 1 aliphatic heterocycles. The number of rotatable bonds is 10. The Bertz CT molecular complexity index is 1730. The third-order valence-electron chi connectivity index (χ3n) is 8.30. The average Bonchev–Trinajstić information content (AvgIpc) is 3.75. The first-order valence-corrected chi connectivity index (χ1v) is 16.6.